The second kappa shape index (κ2) is 7.74. The summed E-state index contributed by atoms with van der Waals surface area (Å²) in [5, 5.41) is 10.2. The van der Waals surface area contributed by atoms with E-state index in [2.05, 4.69) is 0 Å². The van der Waals surface area contributed by atoms with Crippen molar-refractivity contribution >= 4 is 5.91 Å². The Hall–Kier alpha value is -0.610. The molecule has 0 bridgehead atoms. The predicted molar refractivity (Wildman–Crippen MR) is 73.2 cm³/mol. The van der Waals surface area contributed by atoms with Gasteiger partial charge in [0.1, 0.15) is 0 Å². The van der Waals surface area contributed by atoms with Gasteiger partial charge in [-0.3, -0.25) is 4.79 Å². The first-order valence-electron chi connectivity index (χ1n) is 7.24. The molecule has 1 saturated carbocycles. The molecule has 0 radical (unpaired) electrons. The van der Waals surface area contributed by atoms with Crippen molar-refractivity contribution in [2.75, 3.05) is 20.1 Å². The fraction of sp³-hybridized carbons (Fsp3) is 0.929. The van der Waals surface area contributed by atoms with Gasteiger partial charge in [-0.25, -0.2) is 0 Å². The number of amides is 1. The Labute approximate surface area is 111 Å². The SMILES string of the molecule is CN(CC1(O)CCCC1)C(=O)CCCCCCN. The minimum absolute atomic E-state index is 0.156. The minimum atomic E-state index is -0.621. The van der Waals surface area contributed by atoms with Gasteiger partial charge in [0.15, 0.2) is 0 Å². The summed E-state index contributed by atoms with van der Waals surface area (Å²) in [6.45, 7) is 1.23. The third kappa shape index (κ3) is 5.36. The van der Waals surface area contributed by atoms with Crippen LogP contribution in [0.4, 0.5) is 0 Å². The number of likely N-dealkylation sites (N-methyl/N-ethyl adjacent to an activating group) is 1. The van der Waals surface area contributed by atoms with Crippen molar-refractivity contribution in [3.8, 4) is 0 Å². The Kier molecular flexibility index (Phi) is 6.65. The van der Waals surface area contributed by atoms with Crippen molar-refractivity contribution in [2.24, 2.45) is 5.73 Å². The monoisotopic (exact) mass is 256 g/mol. The zero-order valence-electron chi connectivity index (χ0n) is 11.7. The van der Waals surface area contributed by atoms with Crippen molar-refractivity contribution in [1.29, 1.82) is 0 Å². The fourth-order valence-corrected chi connectivity index (χ4v) is 2.69. The summed E-state index contributed by atoms with van der Waals surface area (Å²) in [6.07, 6.45) is 8.58. The molecule has 1 aliphatic carbocycles. The molecule has 0 aromatic heterocycles. The minimum Gasteiger partial charge on any atom is -0.388 e. The molecule has 1 fully saturated rings. The normalized spacial score (nSPS) is 17.9. The van der Waals surface area contributed by atoms with Gasteiger partial charge in [0.2, 0.25) is 5.91 Å². The van der Waals surface area contributed by atoms with Crippen LogP contribution in [0.2, 0.25) is 0 Å². The van der Waals surface area contributed by atoms with E-state index in [0.717, 1.165) is 57.9 Å². The Morgan fingerprint density at radius 1 is 1.22 bits per heavy atom. The summed E-state index contributed by atoms with van der Waals surface area (Å²) < 4.78 is 0. The molecule has 0 heterocycles. The average molecular weight is 256 g/mol. The van der Waals surface area contributed by atoms with Gasteiger partial charge in [-0.2, -0.15) is 0 Å². The molecular formula is C14H28N2O2. The smallest absolute Gasteiger partial charge is 0.222 e. The second-order valence-electron chi connectivity index (χ2n) is 5.63. The number of hydrogen-bond donors (Lipinski definition) is 2. The topological polar surface area (TPSA) is 66.6 Å². The lowest BCUT2D eigenvalue weighted by atomic mass is 10.0. The van der Waals surface area contributed by atoms with Crippen LogP contribution in [0, 0.1) is 0 Å². The van der Waals surface area contributed by atoms with Crippen molar-refractivity contribution in [3.63, 3.8) is 0 Å². The average Bonchev–Trinajstić information content (AvgIpc) is 2.75. The van der Waals surface area contributed by atoms with Gasteiger partial charge >= 0.3 is 0 Å². The van der Waals surface area contributed by atoms with Gasteiger partial charge in [-0.1, -0.05) is 25.7 Å². The molecule has 4 nitrogen and oxygen atoms in total. The van der Waals surface area contributed by atoms with Crippen molar-refractivity contribution in [1.82, 2.24) is 4.90 Å². The third-order valence-electron chi connectivity index (χ3n) is 3.84. The largest absolute Gasteiger partial charge is 0.388 e. The van der Waals surface area contributed by atoms with E-state index in [1.165, 1.54) is 0 Å². The molecule has 4 heteroatoms. The van der Waals surface area contributed by atoms with Crippen molar-refractivity contribution in [2.45, 2.75) is 63.4 Å². The molecular weight excluding hydrogens is 228 g/mol. The molecule has 0 aliphatic heterocycles. The Bertz CT molecular complexity index is 250. The highest BCUT2D eigenvalue weighted by Crippen LogP contribution is 2.30. The summed E-state index contributed by atoms with van der Waals surface area (Å²) in [6, 6.07) is 0. The molecule has 0 aromatic rings. The van der Waals surface area contributed by atoms with E-state index in [1.807, 2.05) is 0 Å². The summed E-state index contributed by atoms with van der Waals surface area (Å²) >= 11 is 0. The molecule has 0 unspecified atom stereocenters. The van der Waals surface area contributed by atoms with E-state index in [1.54, 1.807) is 11.9 Å². The maximum atomic E-state index is 11.9. The first-order valence-corrected chi connectivity index (χ1v) is 7.24. The van der Waals surface area contributed by atoms with E-state index >= 15 is 0 Å². The Morgan fingerprint density at radius 2 is 1.83 bits per heavy atom. The lowest BCUT2D eigenvalue weighted by Crippen LogP contribution is -2.41. The summed E-state index contributed by atoms with van der Waals surface area (Å²) in [7, 11) is 1.80. The fourth-order valence-electron chi connectivity index (χ4n) is 2.69. The first-order chi connectivity index (χ1) is 8.57. The van der Waals surface area contributed by atoms with E-state index in [-0.39, 0.29) is 5.91 Å². The van der Waals surface area contributed by atoms with E-state index in [9.17, 15) is 9.90 Å². The standard InChI is InChI=1S/C14H28N2O2/c1-16(12-14(18)9-5-6-10-14)13(17)8-4-2-3-7-11-15/h18H,2-12,15H2,1H3. The number of hydrogen-bond acceptors (Lipinski definition) is 3. The molecule has 0 aromatic carbocycles. The first kappa shape index (κ1) is 15.4. The molecule has 0 atom stereocenters. The Morgan fingerprint density at radius 3 is 2.44 bits per heavy atom. The number of aliphatic hydroxyl groups is 1. The highest BCUT2D eigenvalue weighted by atomic mass is 16.3. The zero-order chi connectivity index (χ0) is 13.4. The number of rotatable bonds is 8. The number of nitrogens with zero attached hydrogens (tertiary/aromatic N) is 1. The van der Waals surface area contributed by atoms with Crippen LogP contribution >= 0.6 is 0 Å². The van der Waals surface area contributed by atoms with Crippen LogP contribution in [0.15, 0.2) is 0 Å². The molecule has 1 aliphatic rings. The van der Waals surface area contributed by atoms with E-state index in [0.29, 0.717) is 13.0 Å². The highest BCUT2D eigenvalue weighted by molar-refractivity contribution is 5.75. The number of carbonyl (C=O) groups excluding carboxylic acids is 1. The van der Waals surface area contributed by atoms with Gasteiger partial charge < -0.3 is 15.7 Å². The van der Waals surface area contributed by atoms with Crippen LogP contribution in [0.5, 0.6) is 0 Å². The van der Waals surface area contributed by atoms with Crippen LogP contribution in [0.1, 0.15) is 57.8 Å². The predicted octanol–water partition coefficient (Wildman–Crippen LogP) is 1.66. The van der Waals surface area contributed by atoms with Crippen LogP contribution in [-0.2, 0) is 4.79 Å². The maximum absolute atomic E-state index is 11.9. The maximum Gasteiger partial charge on any atom is 0.222 e. The molecule has 1 amide bonds. The van der Waals surface area contributed by atoms with Gasteiger partial charge in [-0.15, -0.1) is 0 Å². The van der Waals surface area contributed by atoms with Gasteiger partial charge in [0.25, 0.3) is 0 Å². The van der Waals surface area contributed by atoms with Crippen molar-refractivity contribution in [3.05, 3.63) is 0 Å². The lowest BCUT2D eigenvalue weighted by Gasteiger charge is -2.28. The van der Waals surface area contributed by atoms with Gasteiger partial charge in [-0.05, 0) is 32.2 Å². The van der Waals surface area contributed by atoms with E-state index in [4.69, 9.17) is 5.73 Å². The molecule has 0 spiro atoms. The molecule has 106 valence electrons. The van der Waals surface area contributed by atoms with Crippen molar-refractivity contribution < 1.29 is 9.90 Å². The molecule has 0 saturated heterocycles. The lowest BCUT2D eigenvalue weighted by molar-refractivity contribution is -0.133. The highest BCUT2D eigenvalue weighted by Gasteiger charge is 2.33. The second-order valence-corrected chi connectivity index (χ2v) is 5.63. The van der Waals surface area contributed by atoms with Crippen LogP contribution in [0.3, 0.4) is 0 Å². The van der Waals surface area contributed by atoms with Crippen LogP contribution in [0.25, 0.3) is 0 Å². The number of carbonyl (C=O) groups is 1. The van der Waals surface area contributed by atoms with Crippen LogP contribution in [-0.4, -0.2) is 41.7 Å². The quantitative estimate of drug-likeness (QED) is 0.649. The van der Waals surface area contributed by atoms with E-state index < -0.39 is 5.60 Å². The summed E-state index contributed by atoms with van der Waals surface area (Å²) in [4.78, 5) is 13.6. The van der Waals surface area contributed by atoms with Crippen LogP contribution < -0.4 is 5.73 Å². The number of unbranched alkanes of at least 4 members (excludes halogenated alkanes) is 3. The van der Waals surface area contributed by atoms with Gasteiger partial charge in [0, 0.05) is 20.0 Å². The number of nitrogens with two attached hydrogens (primary N) is 1. The third-order valence-corrected chi connectivity index (χ3v) is 3.84. The summed E-state index contributed by atoms with van der Waals surface area (Å²) in [5.41, 5.74) is 4.80. The zero-order valence-corrected chi connectivity index (χ0v) is 11.7. The van der Waals surface area contributed by atoms with Gasteiger partial charge in [0.05, 0.1) is 5.60 Å². The molecule has 18 heavy (non-hydrogen) atoms. The Balaban J connectivity index is 2.16. The molecule has 1 rings (SSSR count). The molecule has 3 N–H and O–H groups in total. The summed E-state index contributed by atoms with van der Waals surface area (Å²) in [5.74, 6) is 0.156.